The topological polar surface area (TPSA) is 63.6 Å². The molecule has 1 aromatic carbocycles. The third-order valence-corrected chi connectivity index (χ3v) is 5.72. The van der Waals surface area contributed by atoms with E-state index in [9.17, 15) is 9.36 Å². The Kier molecular flexibility index (Phi) is 7.56. The van der Waals surface area contributed by atoms with Gasteiger partial charge in [0.2, 0.25) is 7.37 Å². The highest BCUT2D eigenvalue weighted by Crippen LogP contribution is 2.48. The summed E-state index contributed by atoms with van der Waals surface area (Å²) in [5.41, 5.74) is 1.27. The molecule has 0 bridgehead atoms. The van der Waals surface area contributed by atoms with Crippen molar-refractivity contribution in [1.29, 1.82) is 0 Å². The summed E-state index contributed by atoms with van der Waals surface area (Å²) in [6, 6.07) is 10.2. The number of carboxylic acids is 1. The number of unbranched alkanes of at least 4 members (excludes halogenated alkanes) is 1. The van der Waals surface area contributed by atoms with Gasteiger partial charge in [-0.3, -0.25) is 9.36 Å². The van der Waals surface area contributed by atoms with E-state index in [2.05, 4.69) is 12.1 Å². The van der Waals surface area contributed by atoms with Gasteiger partial charge >= 0.3 is 5.97 Å². The number of rotatable bonds is 10. The van der Waals surface area contributed by atoms with E-state index >= 15 is 0 Å². The van der Waals surface area contributed by atoms with Crippen molar-refractivity contribution >= 4 is 13.3 Å². The summed E-state index contributed by atoms with van der Waals surface area (Å²) in [4.78, 5) is 10.6. The molecule has 1 aromatic rings. The van der Waals surface area contributed by atoms with E-state index in [0.717, 1.165) is 19.3 Å². The predicted octanol–water partition coefficient (Wildman–Crippen LogP) is 3.80. The molecule has 1 N–H and O–H groups in total. The smallest absolute Gasteiger partial charge is 0.303 e. The maximum Gasteiger partial charge on any atom is 0.303 e. The van der Waals surface area contributed by atoms with Gasteiger partial charge < -0.3 is 9.63 Å². The van der Waals surface area contributed by atoms with E-state index in [0.29, 0.717) is 12.8 Å². The van der Waals surface area contributed by atoms with Crippen LogP contribution in [0.4, 0.5) is 0 Å². The molecule has 0 aliphatic heterocycles. The fourth-order valence-electron chi connectivity index (χ4n) is 2.07. The van der Waals surface area contributed by atoms with Crippen molar-refractivity contribution < 1.29 is 19.0 Å². The first-order chi connectivity index (χ1) is 9.56. The quantitative estimate of drug-likeness (QED) is 0.527. The van der Waals surface area contributed by atoms with Crippen LogP contribution in [0.3, 0.4) is 0 Å². The Hall–Kier alpha value is -1.12. The highest BCUT2D eigenvalue weighted by molar-refractivity contribution is 7.59. The molecule has 5 heteroatoms. The van der Waals surface area contributed by atoms with Crippen LogP contribution in [0.2, 0.25) is 0 Å². The fourth-order valence-corrected chi connectivity index (χ4v) is 4.26. The summed E-state index contributed by atoms with van der Waals surface area (Å²) < 4.78 is 17.8. The number of carbonyl (C=O) groups is 1. The zero-order valence-electron chi connectivity index (χ0n) is 12.0. The second-order valence-corrected chi connectivity index (χ2v) is 7.55. The third-order valence-electron chi connectivity index (χ3n) is 3.09. The van der Waals surface area contributed by atoms with Gasteiger partial charge in [0.15, 0.2) is 0 Å². The van der Waals surface area contributed by atoms with E-state index in [4.69, 9.17) is 9.63 Å². The van der Waals surface area contributed by atoms with Crippen molar-refractivity contribution in [3.8, 4) is 0 Å². The van der Waals surface area contributed by atoms with Crippen molar-refractivity contribution in [2.45, 2.75) is 32.6 Å². The summed E-state index contributed by atoms with van der Waals surface area (Å²) in [5.74, 6) is -0.922. The van der Waals surface area contributed by atoms with Gasteiger partial charge in [-0.05, 0) is 31.7 Å². The number of aryl methyl sites for hydroxylation is 1. The van der Waals surface area contributed by atoms with Crippen LogP contribution >= 0.6 is 7.37 Å². The first-order valence-corrected chi connectivity index (χ1v) is 9.03. The molecule has 4 nitrogen and oxygen atoms in total. The van der Waals surface area contributed by atoms with Crippen molar-refractivity contribution in [3.63, 3.8) is 0 Å². The van der Waals surface area contributed by atoms with Crippen molar-refractivity contribution in [1.82, 2.24) is 0 Å². The summed E-state index contributed by atoms with van der Waals surface area (Å²) in [6.45, 7) is 2.16. The Morgan fingerprint density at radius 3 is 2.50 bits per heavy atom. The second kappa shape index (κ2) is 8.93. The molecule has 1 atom stereocenters. The lowest BCUT2D eigenvalue weighted by Crippen LogP contribution is -2.05. The summed E-state index contributed by atoms with van der Waals surface area (Å²) in [7, 11) is -2.78. The molecular weight excluding hydrogens is 275 g/mol. The summed E-state index contributed by atoms with van der Waals surface area (Å²) in [5, 5.41) is 8.69. The lowest BCUT2D eigenvalue weighted by Gasteiger charge is -2.16. The average Bonchev–Trinajstić information content (AvgIpc) is 2.43. The molecule has 1 unspecified atom stereocenters. The second-order valence-electron chi connectivity index (χ2n) is 4.77. The number of aliphatic carboxylic acids is 1. The third kappa shape index (κ3) is 6.88. The lowest BCUT2D eigenvalue weighted by molar-refractivity contribution is -0.136. The van der Waals surface area contributed by atoms with Gasteiger partial charge in [-0.15, -0.1) is 0 Å². The van der Waals surface area contributed by atoms with Gasteiger partial charge in [0.1, 0.15) is 0 Å². The van der Waals surface area contributed by atoms with E-state index in [1.54, 1.807) is 6.92 Å². The standard InChI is InChI=1S/C15H23O4P/c1-2-19-20(18,13-11-15(16)17)12-7-6-10-14-8-4-3-5-9-14/h3-5,8-9H,2,6-7,10-13H2,1H3,(H,16,17). The van der Waals surface area contributed by atoms with Gasteiger partial charge in [0, 0.05) is 12.3 Å². The normalized spacial score (nSPS) is 13.8. The minimum Gasteiger partial charge on any atom is -0.481 e. The van der Waals surface area contributed by atoms with Gasteiger partial charge in [-0.25, -0.2) is 0 Å². The Balaban J connectivity index is 2.35. The molecule has 0 heterocycles. The van der Waals surface area contributed by atoms with Crippen LogP contribution < -0.4 is 0 Å². The van der Waals surface area contributed by atoms with Crippen LogP contribution in [0, 0.1) is 0 Å². The van der Waals surface area contributed by atoms with E-state index in [1.807, 2.05) is 18.2 Å². The van der Waals surface area contributed by atoms with Gasteiger partial charge in [-0.1, -0.05) is 30.3 Å². The molecule has 1 rings (SSSR count). The van der Waals surface area contributed by atoms with Crippen molar-refractivity contribution in [2.75, 3.05) is 18.9 Å². The predicted molar refractivity (Wildman–Crippen MR) is 80.6 cm³/mol. The zero-order chi connectivity index (χ0) is 14.8. The fraction of sp³-hybridized carbons (Fsp3) is 0.533. The molecule has 0 saturated carbocycles. The number of benzene rings is 1. The molecule has 0 spiro atoms. The zero-order valence-corrected chi connectivity index (χ0v) is 12.9. The van der Waals surface area contributed by atoms with Gasteiger partial charge in [0.05, 0.1) is 13.0 Å². The first-order valence-electron chi connectivity index (χ1n) is 7.04. The van der Waals surface area contributed by atoms with Crippen LogP contribution in [0.5, 0.6) is 0 Å². The number of hydrogen-bond acceptors (Lipinski definition) is 3. The summed E-state index contributed by atoms with van der Waals surface area (Å²) >= 11 is 0. The van der Waals surface area contributed by atoms with Crippen molar-refractivity contribution in [3.05, 3.63) is 35.9 Å². The summed E-state index contributed by atoms with van der Waals surface area (Å²) in [6.07, 6.45) is 3.21. The average molecular weight is 298 g/mol. The Labute approximate surface area is 120 Å². The Morgan fingerprint density at radius 1 is 1.20 bits per heavy atom. The highest BCUT2D eigenvalue weighted by atomic mass is 31.2. The maximum absolute atomic E-state index is 12.4. The minimum absolute atomic E-state index is 0.0873. The van der Waals surface area contributed by atoms with Gasteiger partial charge in [0.25, 0.3) is 0 Å². The SMILES string of the molecule is CCOP(=O)(CCCCc1ccccc1)CCC(=O)O. The van der Waals surface area contributed by atoms with Crippen LogP contribution in [-0.4, -0.2) is 30.0 Å². The van der Waals surface area contributed by atoms with Crippen LogP contribution in [0.15, 0.2) is 30.3 Å². The number of hydrogen-bond donors (Lipinski definition) is 1. The van der Waals surface area contributed by atoms with E-state index in [-0.39, 0.29) is 12.6 Å². The van der Waals surface area contributed by atoms with Crippen LogP contribution in [0.25, 0.3) is 0 Å². The lowest BCUT2D eigenvalue weighted by atomic mass is 10.1. The molecule has 0 aliphatic rings. The monoisotopic (exact) mass is 298 g/mol. The van der Waals surface area contributed by atoms with Crippen molar-refractivity contribution in [2.24, 2.45) is 0 Å². The van der Waals surface area contributed by atoms with Crippen LogP contribution in [-0.2, 0) is 20.3 Å². The molecule has 112 valence electrons. The van der Waals surface area contributed by atoms with E-state index < -0.39 is 13.3 Å². The molecule has 0 aromatic heterocycles. The molecule has 0 aliphatic carbocycles. The highest BCUT2D eigenvalue weighted by Gasteiger charge is 2.23. The largest absolute Gasteiger partial charge is 0.481 e. The Bertz CT molecular complexity index is 444. The molecule has 0 amide bonds. The maximum atomic E-state index is 12.4. The number of carboxylic acid groups (broad SMARTS) is 1. The molecule has 0 radical (unpaired) electrons. The molecule has 0 fully saturated rings. The molecular formula is C15H23O4P. The van der Waals surface area contributed by atoms with E-state index in [1.165, 1.54) is 5.56 Å². The van der Waals surface area contributed by atoms with Crippen LogP contribution in [0.1, 0.15) is 31.7 Å². The molecule has 20 heavy (non-hydrogen) atoms. The molecule has 0 saturated heterocycles. The van der Waals surface area contributed by atoms with Gasteiger partial charge in [-0.2, -0.15) is 0 Å². The Morgan fingerprint density at radius 2 is 1.90 bits per heavy atom. The first kappa shape index (κ1) is 16.9. The minimum atomic E-state index is -2.78.